The van der Waals surface area contributed by atoms with Crippen LogP contribution in [0.5, 0.6) is 0 Å². The zero-order chi connectivity index (χ0) is 16.4. The highest BCUT2D eigenvalue weighted by Crippen LogP contribution is 2.26. The summed E-state index contributed by atoms with van der Waals surface area (Å²) >= 11 is 0. The summed E-state index contributed by atoms with van der Waals surface area (Å²) in [6.07, 6.45) is 11.3. The Kier molecular flexibility index (Phi) is 3.70. The second-order valence-corrected chi connectivity index (χ2v) is 5.67. The normalized spacial score (nSPS) is 12.4. The van der Waals surface area contributed by atoms with E-state index < -0.39 is 0 Å². The Bertz CT molecular complexity index is 904. The van der Waals surface area contributed by atoms with Crippen LogP contribution in [0.3, 0.4) is 0 Å². The van der Waals surface area contributed by atoms with Gasteiger partial charge >= 0.3 is 0 Å². The number of aromatic nitrogens is 6. The third-order valence-corrected chi connectivity index (χ3v) is 4.13. The molecule has 6 nitrogen and oxygen atoms in total. The van der Waals surface area contributed by atoms with E-state index >= 15 is 0 Å². The number of nitrogens with zero attached hydrogens (tertiary/aromatic N) is 6. The predicted octanol–water partition coefficient (Wildman–Crippen LogP) is 2.77. The van der Waals surface area contributed by atoms with Gasteiger partial charge in [0.05, 0.1) is 12.6 Å². The van der Waals surface area contributed by atoms with E-state index in [4.69, 9.17) is 0 Å². The van der Waals surface area contributed by atoms with Crippen LogP contribution in [0.2, 0.25) is 0 Å². The Hall–Kier alpha value is -3.15. The van der Waals surface area contributed by atoms with E-state index in [1.54, 1.807) is 12.4 Å². The zero-order valence-electron chi connectivity index (χ0n) is 13.4. The third-order valence-electron chi connectivity index (χ3n) is 4.13. The molecule has 3 heterocycles. The molecule has 0 radical (unpaired) electrons. The Morgan fingerprint density at radius 3 is 2.38 bits per heavy atom. The third kappa shape index (κ3) is 2.62. The number of rotatable bonds is 5. The summed E-state index contributed by atoms with van der Waals surface area (Å²) in [5, 5.41) is 4.36. The molecule has 0 spiro atoms. The fraction of sp³-hybridized carbons (Fsp3) is 0.167. The van der Waals surface area contributed by atoms with Gasteiger partial charge in [0, 0.05) is 44.2 Å². The summed E-state index contributed by atoms with van der Waals surface area (Å²) in [7, 11) is 1.98. The first-order valence-corrected chi connectivity index (χ1v) is 7.86. The lowest BCUT2D eigenvalue weighted by atomic mass is 10.1. The molecule has 6 heteroatoms. The van der Waals surface area contributed by atoms with Gasteiger partial charge in [-0.05, 0) is 11.6 Å². The van der Waals surface area contributed by atoms with E-state index in [1.165, 1.54) is 5.56 Å². The molecular formula is C18H18N6. The Balaban J connectivity index is 1.80. The lowest BCUT2D eigenvalue weighted by Gasteiger charge is -2.21. The van der Waals surface area contributed by atoms with Gasteiger partial charge in [-0.2, -0.15) is 5.10 Å². The van der Waals surface area contributed by atoms with Gasteiger partial charge in [-0.3, -0.25) is 4.68 Å². The van der Waals surface area contributed by atoms with Crippen molar-refractivity contribution in [1.82, 2.24) is 28.9 Å². The first kappa shape index (κ1) is 14.4. The van der Waals surface area contributed by atoms with Crippen LogP contribution in [-0.2, 0) is 13.6 Å². The highest BCUT2D eigenvalue weighted by Gasteiger charge is 2.20. The molecule has 0 aliphatic heterocycles. The maximum Gasteiger partial charge on any atom is 0.177 e. The number of hydrogen-bond acceptors (Lipinski definition) is 3. The van der Waals surface area contributed by atoms with Crippen molar-refractivity contribution in [3.05, 3.63) is 79.1 Å². The van der Waals surface area contributed by atoms with Crippen molar-refractivity contribution < 1.29 is 0 Å². The molecule has 0 N–H and O–H groups in total. The zero-order valence-corrected chi connectivity index (χ0v) is 13.4. The van der Waals surface area contributed by atoms with Crippen molar-refractivity contribution in [2.75, 3.05) is 0 Å². The average molecular weight is 318 g/mol. The van der Waals surface area contributed by atoms with Crippen LogP contribution in [0.4, 0.5) is 0 Å². The largest absolute Gasteiger partial charge is 0.331 e. The summed E-state index contributed by atoms with van der Waals surface area (Å²) < 4.78 is 6.09. The maximum atomic E-state index is 4.55. The molecule has 0 saturated heterocycles. The summed E-state index contributed by atoms with van der Waals surface area (Å²) in [6.45, 7) is 0.727. The van der Waals surface area contributed by atoms with Gasteiger partial charge in [-0.1, -0.05) is 30.3 Å². The number of aryl methyl sites for hydroxylation is 1. The van der Waals surface area contributed by atoms with Gasteiger partial charge in [-0.25, -0.2) is 9.97 Å². The molecular weight excluding hydrogens is 300 g/mol. The Morgan fingerprint density at radius 1 is 0.875 bits per heavy atom. The maximum absolute atomic E-state index is 4.55. The van der Waals surface area contributed by atoms with E-state index in [9.17, 15) is 0 Å². The van der Waals surface area contributed by atoms with Crippen LogP contribution in [0.25, 0.3) is 11.6 Å². The molecule has 0 bridgehead atoms. The number of imidazole rings is 2. The van der Waals surface area contributed by atoms with E-state index in [2.05, 4.69) is 43.9 Å². The number of hydrogen-bond donors (Lipinski definition) is 0. The van der Waals surface area contributed by atoms with Crippen molar-refractivity contribution in [2.45, 2.75) is 12.6 Å². The van der Waals surface area contributed by atoms with Crippen LogP contribution in [0.15, 0.2) is 73.6 Å². The summed E-state index contributed by atoms with van der Waals surface area (Å²) in [5.74, 6) is 1.70. The molecule has 1 atom stereocenters. The summed E-state index contributed by atoms with van der Waals surface area (Å²) in [6, 6.07) is 12.4. The number of benzene rings is 1. The minimum atomic E-state index is 0.0836. The van der Waals surface area contributed by atoms with Crippen LogP contribution >= 0.6 is 0 Å². The molecule has 4 rings (SSSR count). The Morgan fingerprint density at radius 2 is 1.67 bits per heavy atom. The van der Waals surface area contributed by atoms with Gasteiger partial charge in [-0.15, -0.1) is 0 Å². The molecule has 0 amide bonds. The highest BCUT2D eigenvalue weighted by molar-refractivity contribution is 5.45. The van der Waals surface area contributed by atoms with Gasteiger partial charge in [0.25, 0.3) is 0 Å². The van der Waals surface area contributed by atoms with E-state index in [0.29, 0.717) is 0 Å². The minimum Gasteiger partial charge on any atom is -0.331 e. The molecule has 0 aliphatic carbocycles. The standard InChI is InChI=1S/C18H18N6/c1-22-12-9-19-17(22)18-20-10-13-24(18)16(14-23-11-5-8-21-23)15-6-3-2-4-7-15/h2-13,16H,14H2,1H3/t16-/m0/s1. The topological polar surface area (TPSA) is 53.5 Å². The fourth-order valence-electron chi connectivity index (χ4n) is 2.93. The van der Waals surface area contributed by atoms with Crippen molar-refractivity contribution in [1.29, 1.82) is 0 Å². The van der Waals surface area contributed by atoms with Crippen LogP contribution in [-0.4, -0.2) is 28.9 Å². The second kappa shape index (κ2) is 6.16. The summed E-state index contributed by atoms with van der Waals surface area (Å²) in [4.78, 5) is 8.99. The van der Waals surface area contributed by atoms with E-state index in [0.717, 1.165) is 18.2 Å². The van der Waals surface area contributed by atoms with Crippen molar-refractivity contribution in [3.8, 4) is 11.6 Å². The molecule has 0 fully saturated rings. The highest BCUT2D eigenvalue weighted by atomic mass is 15.3. The van der Waals surface area contributed by atoms with Crippen LogP contribution in [0, 0.1) is 0 Å². The molecule has 1 aromatic carbocycles. The van der Waals surface area contributed by atoms with Gasteiger partial charge in [0.2, 0.25) is 0 Å². The molecule has 24 heavy (non-hydrogen) atoms. The minimum absolute atomic E-state index is 0.0836. The SMILES string of the molecule is Cn1ccnc1-c1nccn1[C@@H](Cn1cccn1)c1ccccc1. The molecule has 0 saturated carbocycles. The molecule has 120 valence electrons. The van der Waals surface area contributed by atoms with Crippen LogP contribution in [0.1, 0.15) is 11.6 Å². The van der Waals surface area contributed by atoms with Crippen molar-refractivity contribution >= 4 is 0 Å². The van der Waals surface area contributed by atoms with Crippen molar-refractivity contribution in [2.24, 2.45) is 7.05 Å². The molecule has 4 aromatic rings. The van der Waals surface area contributed by atoms with Gasteiger partial charge < -0.3 is 9.13 Å². The first-order chi connectivity index (χ1) is 11.8. The monoisotopic (exact) mass is 318 g/mol. The lowest BCUT2D eigenvalue weighted by Crippen LogP contribution is -2.19. The average Bonchev–Trinajstić information content (AvgIpc) is 3.35. The lowest BCUT2D eigenvalue weighted by molar-refractivity contribution is 0.464. The van der Waals surface area contributed by atoms with Crippen molar-refractivity contribution in [3.63, 3.8) is 0 Å². The van der Waals surface area contributed by atoms with Crippen LogP contribution < -0.4 is 0 Å². The summed E-state index contributed by atoms with van der Waals surface area (Å²) in [5.41, 5.74) is 1.21. The second-order valence-electron chi connectivity index (χ2n) is 5.67. The first-order valence-electron chi connectivity index (χ1n) is 7.86. The smallest absolute Gasteiger partial charge is 0.177 e. The quantitative estimate of drug-likeness (QED) is 0.568. The Labute approximate surface area is 140 Å². The molecule has 0 aliphatic rings. The molecule has 0 unspecified atom stereocenters. The van der Waals surface area contributed by atoms with E-state index in [-0.39, 0.29) is 6.04 Å². The molecule has 3 aromatic heterocycles. The van der Waals surface area contributed by atoms with E-state index in [1.807, 2.05) is 53.2 Å². The van der Waals surface area contributed by atoms with Gasteiger partial charge in [0.15, 0.2) is 11.6 Å². The fourth-order valence-corrected chi connectivity index (χ4v) is 2.93. The predicted molar refractivity (Wildman–Crippen MR) is 91.2 cm³/mol. The van der Waals surface area contributed by atoms with Gasteiger partial charge in [0.1, 0.15) is 0 Å².